The fourth-order valence-corrected chi connectivity index (χ4v) is 2.73. The van der Waals surface area contributed by atoms with E-state index < -0.39 is 23.2 Å². The van der Waals surface area contributed by atoms with Gasteiger partial charge in [0.1, 0.15) is 5.75 Å². The van der Waals surface area contributed by atoms with Crippen LogP contribution in [-0.2, 0) is 10.8 Å². The summed E-state index contributed by atoms with van der Waals surface area (Å²) < 4.78 is 0. The summed E-state index contributed by atoms with van der Waals surface area (Å²) >= 11 is 0. The number of aromatic carboxylic acids is 1. The molecule has 2 aromatic carbocycles. The molecule has 0 heterocycles. The molecule has 26 heavy (non-hydrogen) atoms. The standard InChI is InChI=1S/C21H26O5/c1-20(2,3)12-7-11(8-13(9-12)21(4,5)6)16-14(19(25)26)10-15(22)17(23)18(16)24/h7-10,22-24H,1-6H3,(H,25,26)/p-1. The van der Waals surface area contributed by atoms with Gasteiger partial charge in [0.2, 0.25) is 0 Å². The minimum atomic E-state index is -1.34. The second-order valence-corrected chi connectivity index (χ2v) is 8.60. The van der Waals surface area contributed by atoms with Crippen LogP contribution < -0.4 is 5.11 Å². The summed E-state index contributed by atoms with van der Waals surface area (Å²) in [7, 11) is 0. The van der Waals surface area contributed by atoms with Crippen molar-refractivity contribution in [3.05, 3.63) is 41.0 Å². The van der Waals surface area contributed by atoms with Gasteiger partial charge in [0.25, 0.3) is 0 Å². The summed E-state index contributed by atoms with van der Waals surface area (Å²) in [5.74, 6) is -3.82. The quantitative estimate of drug-likeness (QED) is 0.702. The van der Waals surface area contributed by atoms with Gasteiger partial charge in [0.05, 0.1) is 5.56 Å². The molecule has 0 radical (unpaired) electrons. The zero-order chi connectivity index (χ0) is 20.0. The highest BCUT2D eigenvalue weighted by Crippen LogP contribution is 2.45. The predicted molar refractivity (Wildman–Crippen MR) is 99.0 cm³/mol. The van der Waals surface area contributed by atoms with Gasteiger partial charge in [-0.25, -0.2) is 4.79 Å². The van der Waals surface area contributed by atoms with E-state index in [1.165, 1.54) is 0 Å². The fourth-order valence-electron chi connectivity index (χ4n) is 2.73. The van der Waals surface area contributed by atoms with E-state index in [1.54, 1.807) is 12.1 Å². The molecular weight excluding hydrogens is 332 g/mol. The summed E-state index contributed by atoms with van der Waals surface area (Å²) in [5, 5.41) is 41.6. The van der Waals surface area contributed by atoms with Gasteiger partial charge in [-0.2, -0.15) is 0 Å². The Morgan fingerprint density at radius 1 is 0.885 bits per heavy atom. The van der Waals surface area contributed by atoms with E-state index in [-0.39, 0.29) is 22.0 Å². The molecule has 0 saturated heterocycles. The highest BCUT2D eigenvalue weighted by molar-refractivity contribution is 5.99. The van der Waals surface area contributed by atoms with E-state index in [0.29, 0.717) is 5.56 Å². The van der Waals surface area contributed by atoms with Crippen molar-refractivity contribution in [1.29, 1.82) is 0 Å². The van der Waals surface area contributed by atoms with Gasteiger partial charge in [-0.1, -0.05) is 65.5 Å². The second kappa shape index (κ2) is 6.24. The summed E-state index contributed by atoms with van der Waals surface area (Å²) in [5.41, 5.74) is 1.41. The molecule has 2 aromatic rings. The highest BCUT2D eigenvalue weighted by Gasteiger charge is 2.24. The van der Waals surface area contributed by atoms with Crippen LogP contribution in [0.2, 0.25) is 0 Å². The number of hydrogen-bond donors (Lipinski definition) is 3. The van der Waals surface area contributed by atoms with Crippen molar-refractivity contribution in [3.63, 3.8) is 0 Å². The Hall–Kier alpha value is -2.69. The van der Waals surface area contributed by atoms with Gasteiger partial charge in [0, 0.05) is 0 Å². The number of carboxylic acids is 1. The zero-order valence-corrected chi connectivity index (χ0v) is 16.0. The van der Waals surface area contributed by atoms with Crippen LogP contribution in [0, 0.1) is 0 Å². The number of rotatable bonds is 2. The number of carbonyl (C=O) groups is 1. The van der Waals surface area contributed by atoms with E-state index in [9.17, 15) is 25.2 Å². The molecule has 5 heteroatoms. The van der Waals surface area contributed by atoms with Gasteiger partial charge in [-0.15, -0.1) is 0 Å². The molecule has 140 valence electrons. The minimum Gasteiger partial charge on any atom is -0.869 e. The van der Waals surface area contributed by atoms with Crippen molar-refractivity contribution in [2.45, 2.75) is 52.4 Å². The van der Waals surface area contributed by atoms with Gasteiger partial charge in [0.15, 0.2) is 5.75 Å². The smallest absolute Gasteiger partial charge is 0.336 e. The van der Waals surface area contributed by atoms with Gasteiger partial charge in [-0.05, 0) is 39.2 Å². The molecule has 3 N–H and O–H groups in total. The molecule has 0 unspecified atom stereocenters. The maximum atomic E-state index is 12.6. The van der Waals surface area contributed by atoms with Gasteiger partial charge < -0.3 is 20.4 Å². The lowest BCUT2D eigenvalue weighted by atomic mass is 9.78. The van der Waals surface area contributed by atoms with Crippen LogP contribution in [0.3, 0.4) is 0 Å². The maximum Gasteiger partial charge on any atom is 0.336 e. The molecule has 0 bridgehead atoms. The molecule has 0 aromatic heterocycles. The largest absolute Gasteiger partial charge is 0.869 e. The van der Waals surface area contributed by atoms with Crippen molar-refractivity contribution in [3.8, 4) is 28.4 Å². The Morgan fingerprint density at radius 3 is 1.73 bits per heavy atom. The zero-order valence-electron chi connectivity index (χ0n) is 16.0. The average Bonchev–Trinajstić information content (AvgIpc) is 2.50. The third-order valence-electron chi connectivity index (χ3n) is 4.42. The maximum absolute atomic E-state index is 12.6. The highest BCUT2D eigenvalue weighted by atomic mass is 16.4. The van der Waals surface area contributed by atoms with E-state index in [2.05, 4.69) is 6.07 Å². The Balaban J connectivity index is 2.93. The monoisotopic (exact) mass is 357 g/mol. The number of phenols is 2. The van der Waals surface area contributed by atoms with Crippen molar-refractivity contribution in [2.24, 2.45) is 0 Å². The number of carboxylic acid groups (broad SMARTS) is 1. The molecule has 5 nitrogen and oxygen atoms in total. The van der Waals surface area contributed by atoms with Crippen molar-refractivity contribution >= 4 is 5.97 Å². The number of aromatic hydroxyl groups is 2. The van der Waals surface area contributed by atoms with Crippen LogP contribution in [0.25, 0.3) is 11.1 Å². The number of phenolic OH excluding ortho intramolecular Hbond substituents is 2. The van der Waals surface area contributed by atoms with Crippen LogP contribution in [-0.4, -0.2) is 21.3 Å². The first-order valence-corrected chi connectivity index (χ1v) is 8.39. The molecule has 0 fully saturated rings. The summed E-state index contributed by atoms with van der Waals surface area (Å²) in [6.45, 7) is 12.2. The number of hydrogen-bond acceptors (Lipinski definition) is 4. The Bertz CT molecular complexity index is 835. The van der Waals surface area contributed by atoms with E-state index in [0.717, 1.165) is 17.2 Å². The summed E-state index contributed by atoms with van der Waals surface area (Å²) in [6.07, 6.45) is 0. The summed E-state index contributed by atoms with van der Waals surface area (Å²) in [6, 6.07) is 6.51. The van der Waals surface area contributed by atoms with Crippen molar-refractivity contribution in [1.82, 2.24) is 0 Å². The second-order valence-electron chi connectivity index (χ2n) is 8.60. The van der Waals surface area contributed by atoms with Crippen LogP contribution in [0.1, 0.15) is 63.0 Å². The average molecular weight is 357 g/mol. The number of benzene rings is 2. The lowest BCUT2D eigenvalue weighted by Gasteiger charge is -2.28. The van der Waals surface area contributed by atoms with E-state index in [1.807, 2.05) is 41.5 Å². The third kappa shape index (κ3) is 3.62. The first kappa shape index (κ1) is 19.6. The Kier molecular flexibility index (Phi) is 4.71. The SMILES string of the molecule is CC(C)(C)c1cc(-c2c(C(=O)O)cc(O)c(O)c2[O-])cc(C(C)(C)C)c1. The van der Waals surface area contributed by atoms with Crippen molar-refractivity contribution < 1.29 is 25.2 Å². The molecule has 0 aliphatic rings. The molecule has 2 rings (SSSR count). The molecular formula is C21H25O5-. The Labute approximate surface area is 153 Å². The van der Waals surface area contributed by atoms with Crippen LogP contribution in [0.15, 0.2) is 24.3 Å². The fraction of sp³-hybridized carbons (Fsp3) is 0.381. The molecule has 0 amide bonds. The predicted octanol–water partition coefficient (Wildman–Crippen LogP) is 4.13. The molecule has 0 spiro atoms. The van der Waals surface area contributed by atoms with E-state index >= 15 is 0 Å². The van der Waals surface area contributed by atoms with Gasteiger partial charge >= 0.3 is 5.97 Å². The molecule has 0 aliphatic carbocycles. The van der Waals surface area contributed by atoms with Crippen molar-refractivity contribution in [2.75, 3.05) is 0 Å². The van der Waals surface area contributed by atoms with E-state index in [4.69, 9.17) is 0 Å². The third-order valence-corrected chi connectivity index (χ3v) is 4.42. The molecule has 0 atom stereocenters. The molecule has 0 aliphatic heterocycles. The molecule has 0 saturated carbocycles. The topological polar surface area (TPSA) is 101 Å². The Morgan fingerprint density at radius 2 is 1.35 bits per heavy atom. The normalized spacial score (nSPS) is 12.2. The lowest BCUT2D eigenvalue weighted by Crippen LogP contribution is -2.17. The summed E-state index contributed by atoms with van der Waals surface area (Å²) in [4.78, 5) is 11.6. The first-order chi connectivity index (χ1) is 11.7. The lowest BCUT2D eigenvalue weighted by molar-refractivity contribution is -0.269. The van der Waals surface area contributed by atoms with Crippen LogP contribution >= 0.6 is 0 Å². The van der Waals surface area contributed by atoms with Gasteiger partial charge in [-0.3, -0.25) is 0 Å². The van der Waals surface area contributed by atoms with Crippen LogP contribution in [0.4, 0.5) is 0 Å². The first-order valence-electron chi connectivity index (χ1n) is 8.39. The van der Waals surface area contributed by atoms with Crippen LogP contribution in [0.5, 0.6) is 17.2 Å². The minimum absolute atomic E-state index is 0.121.